The molecule has 3 nitrogen and oxygen atoms in total. The molecule has 1 aromatic rings. The number of aliphatic carboxylic acids is 1. The summed E-state index contributed by atoms with van der Waals surface area (Å²) in [6.07, 6.45) is 6.13. The maximum atomic E-state index is 11.0. The Balaban J connectivity index is 2.37. The van der Waals surface area contributed by atoms with Crippen LogP contribution in [0.5, 0.6) is 0 Å². The van der Waals surface area contributed by atoms with Crippen molar-refractivity contribution in [2.45, 2.75) is 33.1 Å². The molecule has 0 bridgehead atoms. The quantitative estimate of drug-likeness (QED) is 0.803. The van der Waals surface area contributed by atoms with Gasteiger partial charge in [-0.2, -0.15) is 0 Å². The van der Waals surface area contributed by atoms with Crippen LogP contribution in [0.1, 0.15) is 32.3 Å². The second kappa shape index (κ2) is 6.26. The van der Waals surface area contributed by atoms with Crippen LogP contribution in [-0.2, 0) is 11.2 Å². The minimum absolute atomic E-state index is 0.200. The first kappa shape index (κ1) is 12.7. The van der Waals surface area contributed by atoms with Gasteiger partial charge in [0.05, 0.1) is 5.92 Å². The van der Waals surface area contributed by atoms with E-state index in [1.54, 1.807) is 6.20 Å². The minimum Gasteiger partial charge on any atom is -0.481 e. The van der Waals surface area contributed by atoms with Crippen LogP contribution in [-0.4, -0.2) is 16.1 Å². The van der Waals surface area contributed by atoms with Gasteiger partial charge in [0, 0.05) is 12.4 Å². The van der Waals surface area contributed by atoms with Gasteiger partial charge in [-0.15, -0.1) is 0 Å². The van der Waals surface area contributed by atoms with E-state index >= 15 is 0 Å². The molecule has 0 unspecified atom stereocenters. The van der Waals surface area contributed by atoms with Crippen LogP contribution in [0.15, 0.2) is 24.5 Å². The van der Waals surface area contributed by atoms with Crippen molar-refractivity contribution >= 4 is 5.97 Å². The van der Waals surface area contributed by atoms with E-state index < -0.39 is 5.97 Å². The number of aromatic nitrogens is 1. The van der Waals surface area contributed by atoms with E-state index in [0.29, 0.717) is 0 Å². The summed E-state index contributed by atoms with van der Waals surface area (Å²) < 4.78 is 0. The van der Waals surface area contributed by atoms with Crippen LogP contribution < -0.4 is 0 Å². The normalized spacial score (nSPS) is 12.7. The molecule has 3 heteroatoms. The molecule has 1 rings (SSSR count). The third-order valence-corrected chi connectivity index (χ3v) is 2.83. The number of rotatable bonds is 6. The van der Waals surface area contributed by atoms with Crippen molar-refractivity contribution in [3.8, 4) is 0 Å². The molecule has 1 atom stereocenters. The zero-order chi connectivity index (χ0) is 12.0. The average molecular weight is 221 g/mol. The first-order valence-corrected chi connectivity index (χ1v) is 5.73. The molecule has 88 valence electrons. The lowest BCUT2D eigenvalue weighted by Crippen LogP contribution is -2.19. The average Bonchev–Trinajstić information content (AvgIpc) is 2.24. The molecule has 0 saturated heterocycles. The SMILES string of the molecule is CC(C)[C@@H](CCCc1cccnc1)C(=O)O. The number of aryl methyl sites for hydroxylation is 1. The van der Waals surface area contributed by atoms with Gasteiger partial charge in [-0.1, -0.05) is 19.9 Å². The van der Waals surface area contributed by atoms with E-state index in [-0.39, 0.29) is 11.8 Å². The molecule has 0 amide bonds. The highest BCUT2D eigenvalue weighted by Gasteiger charge is 2.20. The van der Waals surface area contributed by atoms with Crippen molar-refractivity contribution in [2.24, 2.45) is 11.8 Å². The topological polar surface area (TPSA) is 50.2 Å². The van der Waals surface area contributed by atoms with Crippen LogP contribution in [0, 0.1) is 11.8 Å². The molecule has 0 aliphatic rings. The zero-order valence-corrected chi connectivity index (χ0v) is 9.89. The smallest absolute Gasteiger partial charge is 0.306 e. The van der Waals surface area contributed by atoms with E-state index in [9.17, 15) is 4.79 Å². The van der Waals surface area contributed by atoms with Gasteiger partial charge in [0.2, 0.25) is 0 Å². The molecule has 0 aliphatic carbocycles. The maximum Gasteiger partial charge on any atom is 0.306 e. The lowest BCUT2D eigenvalue weighted by molar-refractivity contribution is -0.143. The van der Waals surface area contributed by atoms with Crippen LogP contribution >= 0.6 is 0 Å². The Morgan fingerprint density at radius 2 is 2.25 bits per heavy atom. The van der Waals surface area contributed by atoms with Crippen molar-refractivity contribution in [3.05, 3.63) is 30.1 Å². The molecule has 1 N–H and O–H groups in total. The number of nitrogens with zero attached hydrogens (tertiary/aromatic N) is 1. The Kier molecular flexibility index (Phi) is 4.96. The summed E-state index contributed by atoms with van der Waals surface area (Å²) in [7, 11) is 0. The summed E-state index contributed by atoms with van der Waals surface area (Å²) in [6.45, 7) is 3.92. The van der Waals surface area contributed by atoms with E-state index in [1.165, 1.54) is 5.56 Å². The van der Waals surface area contributed by atoms with Crippen LogP contribution in [0.2, 0.25) is 0 Å². The summed E-state index contributed by atoms with van der Waals surface area (Å²) in [5.41, 5.74) is 1.18. The highest BCUT2D eigenvalue weighted by Crippen LogP contribution is 2.18. The highest BCUT2D eigenvalue weighted by molar-refractivity contribution is 5.70. The molecule has 0 aromatic carbocycles. The van der Waals surface area contributed by atoms with Gasteiger partial charge in [-0.25, -0.2) is 0 Å². The monoisotopic (exact) mass is 221 g/mol. The Morgan fingerprint density at radius 3 is 2.75 bits per heavy atom. The standard InChI is InChI=1S/C13H19NO2/c1-10(2)12(13(15)16)7-3-5-11-6-4-8-14-9-11/h4,6,8-10,12H,3,5,7H2,1-2H3,(H,15,16)/t12-/m1/s1. The Bertz CT molecular complexity index is 322. The third kappa shape index (κ3) is 4.01. The van der Waals surface area contributed by atoms with Gasteiger partial charge in [-0.3, -0.25) is 9.78 Å². The molecule has 0 aliphatic heterocycles. The number of hydrogen-bond donors (Lipinski definition) is 1. The minimum atomic E-state index is -0.679. The summed E-state index contributed by atoms with van der Waals surface area (Å²) in [4.78, 5) is 15.0. The molecule has 0 spiro atoms. The predicted octanol–water partition coefficient (Wildman–Crippen LogP) is 2.76. The van der Waals surface area contributed by atoms with Gasteiger partial charge in [0.25, 0.3) is 0 Å². The van der Waals surface area contributed by atoms with Gasteiger partial charge in [-0.05, 0) is 36.8 Å². The fourth-order valence-electron chi connectivity index (χ4n) is 1.81. The van der Waals surface area contributed by atoms with Crippen LogP contribution in [0.4, 0.5) is 0 Å². The molecule has 16 heavy (non-hydrogen) atoms. The Labute approximate surface area is 96.5 Å². The van der Waals surface area contributed by atoms with E-state index in [2.05, 4.69) is 4.98 Å². The molecule has 1 aromatic heterocycles. The number of carbonyl (C=O) groups is 1. The molecule has 1 heterocycles. The fourth-order valence-corrected chi connectivity index (χ4v) is 1.81. The fraction of sp³-hybridized carbons (Fsp3) is 0.538. The van der Waals surface area contributed by atoms with Crippen LogP contribution in [0.25, 0.3) is 0 Å². The lowest BCUT2D eigenvalue weighted by atomic mass is 9.90. The molecular formula is C13H19NO2. The van der Waals surface area contributed by atoms with Gasteiger partial charge in [0.1, 0.15) is 0 Å². The number of hydrogen-bond acceptors (Lipinski definition) is 2. The second-order valence-electron chi connectivity index (χ2n) is 4.44. The maximum absolute atomic E-state index is 11.0. The third-order valence-electron chi connectivity index (χ3n) is 2.83. The van der Waals surface area contributed by atoms with Gasteiger partial charge in [0.15, 0.2) is 0 Å². The number of pyridine rings is 1. The first-order valence-electron chi connectivity index (χ1n) is 5.73. The summed E-state index contributed by atoms with van der Waals surface area (Å²) in [6, 6.07) is 3.94. The number of carboxylic acids is 1. The van der Waals surface area contributed by atoms with Crippen LogP contribution in [0.3, 0.4) is 0 Å². The van der Waals surface area contributed by atoms with Crippen molar-refractivity contribution in [3.63, 3.8) is 0 Å². The van der Waals surface area contributed by atoms with Gasteiger partial charge < -0.3 is 5.11 Å². The van der Waals surface area contributed by atoms with Crippen molar-refractivity contribution in [1.29, 1.82) is 0 Å². The van der Waals surface area contributed by atoms with Crippen molar-refractivity contribution in [2.75, 3.05) is 0 Å². The van der Waals surface area contributed by atoms with E-state index in [4.69, 9.17) is 5.11 Å². The summed E-state index contributed by atoms with van der Waals surface area (Å²) in [5, 5.41) is 9.03. The Hall–Kier alpha value is -1.38. The molecule has 0 saturated carbocycles. The molecule has 0 fully saturated rings. The zero-order valence-electron chi connectivity index (χ0n) is 9.89. The van der Waals surface area contributed by atoms with Crippen molar-refractivity contribution < 1.29 is 9.90 Å². The molecular weight excluding hydrogens is 202 g/mol. The predicted molar refractivity (Wildman–Crippen MR) is 63.1 cm³/mol. The highest BCUT2D eigenvalue weighted by atomic mass is 16.4. The van der Waals surface area contributed by atoms with Gasteiger partial charge >= 0.3 is 5.97 Å². The Morgan fingerprint density at radius 1 is 1.50 bits per heavy atom. The largest absolute Gasteiger partial charge is 0.481 e. The van der Waals surface area contributed by atoms with E-state index in [0.717, 1.165) is 19.3 Å². The van der Waals surface area contributed by atoms with Crippen molar-refractivity contribution in [1.82, 2.24) is 4.98 Å². The second-order valence-corrected chi connectivity index (χ2v) is 4.44. The molecule has 0 radical (unpaired) electrons. The number of carboxylic acid groups (broad SMARTS) is 1. The van der Waals surface area contributed by atoms with E-state index in [1.807, 2.05) is 32.2 Å². The lowest BCUT2D eigenvalue weighted by Gasteiger charge is -2.15. The summed E-state index contributed by atoms with van der Waals surface area (Å²) >= 11 is 0. The first-order chi connectivity index (χ1) is 7.61. The summed E-state index contributed by atoms with van der Waals surface area (Å²) in [5.74, 6) is -0.704.